The minimum Gasteiger partial charge on any atom is -0.444 e. The van der Waals surface area contributed by atoms with Crippen LogP contribution in [0, 0.1) is 5.92 Å². The normalized spacial score (nSPS) is 24.7. The Balaban J connectivity index is 2.22. The van der Waals surface area contributed by atoms with Crippen LogP contribution in [0.3, 0.4) is 0 Å². The van der Waals surface area contributed by atoms with Crippen LogP contribution in [0.25, 0.3) is 0 Å². The maximum Gasteiger partial charge on any atom is 0.407 e. The summed E-state index contributed by atoms with van der Waals surface area (Å²) in [6, 6.07) is 0.610. The van der Waals surface area contributed by atoms with Gasteiger partial charge in [0.25, 0.3) is 0 Å². The molecule has 2 N–H and O–H groups in total. The zero-order valence-corrected chi connectivity index (χ0v) is 12.2. The Bertz CT molecular complexity index is 261. The molecule has 1 rings (SSSR count). The number of carbonyl (C=O) groups excluding carboxylic acids is 1. The van der Waals surface area contributed by atoms with Gasteiger partial charge in [0.2, 0.25) is 0 Å². The highest BCUT2D eigenvalue weighted by Gasteiger charge is 2.23. The van der Waals surface area contributed by atoms with E-state index in [0.29, 0.717) is 18.5 Å². The molecule has 1 fully saturated rings. The van der Waals surface area contributed by atoms with E-state index in [-0.39, 0.29) is 6.09 Å². The molecule has 4 nitrogen and oxygen atoms in total. The lowest BCUT2D eigenvalue weighted by Crippen LogP contribution is -2.42. The van der Waals surface area contributed by atoms with Gasteiger partial charge in [0.05, 0.1) is 0 Å². The highest BCUT2D eigenvalue weighted by molar-refractivity contribution is 5.67. The van der Waals surface area contributed by atoms with Crippen molar-refractivity contribution < 1.29 is 9.53 Å². The van der Waals surface area contributed by atoms with Crippen molar-refractivity contribution in [3.63, 3.8) is 0 Å². The molecule has 2 unspecified atom stereocenters. The molecular formula is C14H28N2O2. The predicted octanol–water partition coefficient (Wildman–Crippen LogP) is 2.68. The van der Waals surface area contributed by atoms with E-state index in [1.807, 2.05) is 20.8 Å². The minimum absolute atomic E-state index is 0.306. The molecule has 1 aliphatic heterocycles. The van der Waals surface area contributed by atoms with E-state index in [4.69, 9.17) is 4.74 Å². The number of carbonyl (C=O) groups is 1. The molecule has 4 heteroatoms. The van der Waals surface area contributed by atoms with Crippen LogP contribution in [0.1, 0.15) is 53.4 Å². The Kier molecular flexibility index (Phi) is 5.93. The summed E-state index contributed by atoms with van der Waals surface area (Å²) in [5.41, 5.74) is -0.414. The molecule has 0 saturated carbocycles. The smallest absolute Gasteiger partial charge is 0.407 e. The van der Waals surface area contributed by atoms with Gasteiger partial charge >= 0.3 is 6.09 Å². The van der Waals surface area contributed by atoms with Crippen LogP contribution in [0.2, 0.25) is 0 Å². The number of piperidine rings is 1. The van der Waals surface area contributed by atoms with E-state index >= 15 is 0 Å². The van der Waals surface area contributed by atoms with Gasteiger partial charge < -0.3 is 15.4 Å². The van der Waals surface area contributed by atoms with Gasteiger partial charge in [0.1, 0.15) is 5.60 Å². The van der Waals surface area contributed by atoms with Crippen LogP contribution >= 0.6 is 0 Å². The summed E-state index contributed by atoms with van der Waals surface area (Å²) < 4.78 is 5.21. The number of hydrogen-bond acceptors (Lipinski definition) is 3. The molecule has 106 valence electrons. The topological polar surface area (TPSA) is 50.4 Å². The first-order valence-corrected chi connectivity index (χ1v) is 7.12. The number of rotatable bonds is 4. The third-order valence-electron chi connectivity index (χ3n) is 3.35. The van der Waals surface area contributed by atoms with Crippen LogP contribution in [0.5, 0.6) is 0 Å². The average Bonchev–Trinajstić information content (AvgIpc) is 2.27. The summed E-state index contributed by atoms with van der Waals surface area (Å²) >= 11 is 0. The van der Waals surface area contributed by atoms with Gasteiger partial charge in [-0.05, 0) is 58.9 Å². The maximum atomic E-state index is 11.5. The van der Waals surface area contributed by atoms with Gasteiger partial charge in [-0.1, -0.05) is 6.92 Å². The predicted molar refractivity (Wildman–Crippen MR) is 73.7 cm³/mol. The molecule has 1 aliphatic rings. The molecule has 0 spiro atoms. The van der Waals surface area contributed by atoms with E-state index in [9.17, 15) is 4.79 Å². The Labute approximate surface area is 111 Å². The number of alkyl carbamates (subject to hydrolysis) is 1. The van der Waals surface area contributed by atoms with E-state index in [2.05, 4.69) is 17.6 Å². The fourth-order valence-electron chi connectivity index (χ4n) is 2.52. The lowest BCUT2D eigenvalue weighted by Gasteiger charge is -2.32. The Hall–Kier alpha value is -0.770. The SMILES string of the molecule is CCC1NCCCC1CCNC(=O)OC(C)(C)C. The molecule has 0 bridgehead atoms. The molecule has 0 radical (unpaired) electrons. The minimum atomic E-state index is -0.414. The van der Waals surface area contributed by atoms with Crippen molar-refractivity contribution in [3.8, 4) is 0 Å². The zero-order chi connectivity index (χ0) is 13.6. The van der Waals surface area contributed by atoms with Crippen molar-refractivity contribution in [3.05, 3.63) is 0 Å². The summed E-state index contributed by atoms with van der Waals surface area (Å²) in [5, 5.41) is 6.39. The monoisotopic (exact) mass is 256 g/mol. The molecule has 2 atom stereocenters. The molecule has 1 heterocycles. The second-order valence-corrected chi connectivity index (χ2v) is 6.09. The lowest BCUT2D eigenvalue weighted by molar-refractivity contribution is 0.0522. The first kappa shape index (κ1) is 15.3. The van der Waals surface area contributed by atoms with Gasteiger partial charge in [-0.15, -0.1) is 0 Å². The highest BCUT2D eigenvalue weighted by Crippen LogP contribution is 2.21. The second-order valence-electron chi connectivity index (χ2n) is 6.09. The number of ether oxygens (including phenoxy) is 1. The summed E-state index contributed by atoms with van der Waals surface area (Å²) in [7, 11) is 0. The standard InChI is InChI=1S/C14H28N2O2/c1-5-12-11(7-6-9-15-12)8-10-16-13(17)18-14(2,3)4/h11-12,15H,5-10H2,1-4H3,(H,16,17). The summed E-state index contributed by atoms with van der Waals surface area (Å²) in [6.07, 6.45) is 4.40. The fourth-order valence-corrected chi connectivity index (χ4v) is 2.52. The largest absolute Gasteiger partial charge is 0.444 e. The highest BCUT2D eigenvalue weighted by atomic mass is 16.6. The van der Waals surface area contributed by atoms with Crippen molar-refractivity contribution in [2.24, 2.45) is 5.92 Å². The molecule has 0 aliphatic carbocycles. The van der Waals surface area contributed by atoms with Crippen LogP contribution in [-0.4, -0.2) is 30.8 Å². The Morgan fingerprint density at radius 3 is 2.78 bits per heavy atom. The Morgan fingerprint density at radius 2 is 2.17 bits per heavy atom. The third-order valence-corrected chi connectivity index (χ3v) is 3.35. The van der Waals surface area contributed by atoms with Crippen LogP contribution in [0.4, 0.5) is 4.79 Å². The first-order chi connectivity index (χ1) is 8.42. The summed E-state index contributed by atoms with van der Waals surface area (Å²) in [6.45, 7) is 9.70. The van der Waals surface area contributed by atoms with Crippen LogP contribution < -0.4 is 10.6 Å². The summed E-state index contributed by atoms with van der Waals surface area (Å²) in [4.78, 5) is 11.5. The lowest BCUT2D eigenvalue weighted by atomic mass is 9.87. The third kappa shape index (κ3) is 5.71. The summed E-state index contributed by atoms with van der Waals surface area (Å²) in [5.74, 6) is 0.679. The second kappa shape index (κ2) is 6.98. The molecule has 18 heavy (non-hydrogen) atoms. The van der Waals surface area contributed by atoms with Crippen LogP contribution in [-0.2, 0) is 4.74 Å². The van der Waals surface area contributed by atoms with Crippen molar-refractivity contribution in [1.29, 1.82) is 0 Å². The van der Waals surface area contributed by atoms with Crippen molar-refractivity contribution in [1.82, 2.24) is 10.6 Å². The van der Waals surface area contributed by atoms with Gasteiger partial charge in [0.15, 0.2) is 0 Å². The van der Waals surface area contributed by atoms with Gasteiger partial charge in [-0.2, -0.15) is 0 Å². The zero-order valence-electron chi connectivity index (χ0n) is 12.2. The van der Waals surface area contributed by atoms with E-state index in [0.717, 1.165) is 19.4 Å². The van der Waals surface area contributed by atoms with Crippen LogP contribution in [0.15, 0.2) is 0 Å². The molecule has 0 aromatic rings. The van der Waals surface area contributed by atoms with E-state index < -0.39 is 5.60 Å². The fraction of sp³-hybridized carbons (Fsp3) is 0.929. The molecule has 1 saturated heterocycles. The van der Waals surface area contributed by atoms with Crippen molar-refractivity contribution in [2.45, 2.75) is 65.0 Å². The number of hydrogen-bond donors (Lipinski definition) is 2. The molecular weight excluding hydrogens is 228 g/mol. The maximum absolute atomic E-state index is 11.5. The van der Waals surface area contributed by atoms with E-state index in [1.165, 1.54) is 12.8 Å². The van der Waals surface area contributed by atoms with Gasteiger partial charge in [0, 0.05) is 12.6 Å². The van der Waals surface area contributed by atoms with Crippen molar-refractivity contribution in [2.75, 3.05) is 13.1 Å². The van der Waals surface area contributed by atoms with Gasteiger partial charge in [-0.3, -0.25) is 0 Å². The Morgan fingerprint density at radius 1 is 1.44 bits per heavy atom. The van der Waals surface area contributed by atoms with Gasteiger partial charge in [-0.25, -0.2) is 4.79 Å². The van der Waals surface area contributed by atoms with Crippen molar-refractivity contribution >= 4 is 6.09 Å². The molecule has 1 amide bonds. The number of amides is 1. The quantitative estimate of drug-likeness (QED) is 0.813. The average molecular weight is 256 g/mol. The molecule has 0 aromatic heterocycles. The van der Waals surface area contributed by atoms with E-state index in [1.54, 1.807) is 0 Å². The first-order valence-electron chi connectivity index (χ1n) is 7.12. The molecule has 0 aromatic carbocycles. The number of nitrogens with one attached hydrogen (secondary N) is 2.